The highest BCUT2D eigenvalue weighted by Crippen LogP contribution is 2.47. The highest BCUT2D eigenvalue weighted by Gasteiger charge is 2.50. The van der Waals surface area contributed by atoms with Crippen molar-refractivity contribution in [3.63, 3.8) is 0 Å². The fourth-order valence-electron chi connectivity index (χ4n) is 4.41. The number of piperidine rings is 1. The monoisotopic (exact) mass is 427 g/mol. The number of hydrogen-bond donors (Lipinski definition) is 0. The molecule has 5 heteroatoms. The van der Waals surface area contributed by atoms with Crippen molar-refractivity contribution in [3.8, 4) is 0 Å². The Bertz CT molecular complexity index is 550. The Morgan fingerprint density at radius 3 is 2.74 bits per heavy atom. The molecular formula is C18H23FINO2. The van der Waals surface area contributed by atoms with E-state index in [1.807, 2.05) is 0 Å². The van der Waals surface area contributed by atoms with Crippen molar-refractivity contribution < 1.29 is 13.9 Å². The third kappa shape index (κ3) is 3.40. The molecular weight excluding hydrogens is 404 g/mol. The molecule has 0 radical (unpaired) electrons. The Morgan fingerprint density at radius 2 is 2.09 bits per heavy atom. The van der Waals surface area contributed by atoms with Gasteiger partial charge in [0, 0.05) is 28.1 Å². The van der Waals surface area contributed by atoms with E-state index in [4.69, 9.17) is 4.74 Å². The van der Waals surface area contributed by atoms with E-state index >= 15 is 0 Å². The first-order valence-electron chi connectivity index (χ1n) is 8.30. The molecule has 23 heavy (non-hydrogen) atoms. The van der Waals surface area contributed by atoms with E-state index in [1.54, 1.807) is 0 Å². The largest absolute Gasteiger partial charge is 0.469 e. The SMILES string of the molecule is COC(=O)[C@@H]1C2CCC(C[C@@H]1c1ccc([123I])cc1)N2CCCF. The Morgan fingerprint density at radius 1 is 1.35 bits per heavy atom. The molecule has 3 nitrogen and oxygen atoms in total. The van der Waals surface area contributed by atoms with Crippen molar-refractivity contribution in [2.24, 2.45) is 5.92 Å². The van der Waals surface area contributed by atoms with Gasteiger partial charge in [-0.15, -0.1) is 0 Å². The fourth-order valence-corrected chi connectivity index (χ4v) is 4.77. The topological polar surface area (TPSA) is 29.5 Å². The Labute approximate surface area is 150 Å². The second kappa shape index (κ2) is 7.47. The van der Waals surface area contributed by atoms with Crippen LogP contribution in [0.5, 0.6) is 0 Å². The molecule has 2 fully saturated rings. The minimum absolute atomic E-state index is 0.121. The van der Waals surface area contributed by atoms with E-state index in [9.17, 15) is 9.18 Å². The molecule has 4 atom stereocenters. The van der Waals surface area contributed by atoms with E-state index in [2.05, 4.69) is 51.8 Å². The number of carbonyl (C=O) groups excluding carboxylic acids is 1. The Hall–Kier alpha value is -0.690. The summed E-state index contributed by atoms with van der Waals surface area (Å²) in [6.45, 7) is 0.456. The number of ether oxygens (including phenoxy) is 1. The van der Waals surface area contributed by atoms with Crippen LogP contribution in [0, 0.1) is 9.49 Å². The lowest BCUT2D eigenvalue weighted by molar-refractivity contribution is -0.150. The molecule has 2 aliphatic rings. The van der Waals surface area contributed by atoms with Crippen molar-refractivity contribution in [3.05, 3.63) is 33.4 Å². The summed E-state index contributed by atoms with van der Waals surface area (Å²) in [4.78, 5) is 14.9. The van der Waals surface area contributed by atoms with Crippen LogP contribution in [0.1, 0.15) is 37.2 Å². The van der Waals surface area contributed by atoms with Crippen LogP contribution in [0.25, 0.3) is 0 Å². The molecule has 1 aromatic carbocycles. The van der Waals surface area contributed by atoms with Gasteiger partial charge < -0.3 is 4.74 Å². The number of alkyl halides is 1. The molecule has 0 N–H and O–H groups in total. The van der Waals surface area contributed by atoms with Gasteiger partial charge in [-0.3, -0.25) is 14.1 Å². The van der Waals surface area contributed by atoms with E-state index in [0.717, 1.165) is 25.8 Å². The molecule has 0 aliphatic carbocycles. The third-order valence-electron chi connectivity index (χ3n) is 5.39. The van der Waals surface area contributed by atoms with Crippen LogP contribution in [0.2, 0.25) is 0 Å². The molecule has 2 saturated heterocycles. The van der Waals surface area contributed by atoms with Gasteiger partial charge in [0.1, 0.15) is 0 Å². The Balaban J connectivity index is 1.88. The average molecular weight is 427 g/mol. The molecule has 0 aromatic heterocycles. The predicted octanol–water partition coefficient (Wildman–Crippen LogP) is 3.76. The van der Waals surface area contributed by atoms with Crippen molar-refractivity contribution >= 4 is 28.6 Å². The molecule has 126 valence electrons. The van der Waals surface area contributed by atoms with E-state index < -0.39 is 0 Å². The summed E-state index contributed by atoms with van der Waals surface area (Å²) in [5.74, 6) is -0.0545. The zero-order valence-electron chi connectivity index (χ0n) is 13.4. The molecule has 0 amide bonds. The van der Waals surface area contributed by atoms with Crippen LogP contribution < -0.4 is 0 Å². The molecule has 2 heterocycles. The standard InChI is InChI=1S/C18H23FINO2/c1-23-18(22)17-15(12-3-5-13(20)6-4-12)11-14-7-8-16(17)21(14)10-2-9-19/h3-6,14-17H,2,7-11H2,1H3/t14?,15-,16?,17+/m1/s1/i20-4. The minimum atomic E-state index is -0.292. The molecule has 0 spiro atoms. The summed E-state index contributed by atoms with van der Waals surface area (Å²) in [6, 6.07) is 9.13. The maximum Gasteiger partial charge on any atom is 0.310 e. The highest BCUT2D eigenvalue weighted by molar-refractivity contribution is 14.1. The molecule has 3 rings (SSSR count). The number of esters is 1. The number of carbonyl (C=O) groups is 1. The van der Waals surface area contributed by atoms with Crippen molar-refractivity contribution in [2.75, 3.05) is 20.3 Å². The van der Waals surface area contributed by atoms with Crippen molar-refractivity contribution in [1.29, 1.82) is 0 Å². The van der Waals surface area contributed by atoms with Gasteiger partial charge in [-0.05, 0) is 66.0 Å². The fraction of sp³-hybridized carbons (Fsp3) is 0.611. The lowest BCUT2D eigenvalue weighted by atomic mass is 9.76. The molecule has 2 unspecified atom stereocenters. The molecule has 1 aromatic rings. The number of fused-ring (bicyclic) bond motifs is 2. The predicted molar refractivity (Wildman–Crippen MR) is 96.1 cm³/mol. The van der Waals surface area contributed by atoms with Gasteiger partial charge in [0.25, 0.3) is 0 Å². The van der Waals surface area contributed by atoms with Gasteiger partial charge in [0.05, 0.1) is 19.7 Å². The van der Waals surface area contributed by atoms with Gasteiger partial charge in [-0.25, -0.2) is 0 Å². The molecule has 2 bridgehead atoms. The van der Waals surface area contributed by atoms with Gasteiger partial charge in [-0.1, -0.05) is 12.1 Å². The lowest BCUT2D eigenvalue weighted by Gasteiger charge is -2.43. The zero-order chi connectivity index (χ0) is 16.4. The zero-order valence-corrected chi connectivity index (χ0v) is 15.5. The van der Waals surface area contributed by atoms with Gasteiger partial charge in [0.15, 0.2) is 0 Å². The van der Waals surface area contributed by atoms with Gasteiger partial charge in [-0.2, -0.15) is 0 Å². The van der Waals surface area contributed by atoms with Gasteiger partial charge >= 0.3 is 5.97 Å². The quantitative estimate of drug-likeness (QED) is 0.530. The maximum atomic E-state index is 12.6. The second-order valence-electron chi connectivity index (χ2n) is 6.52. The van der Waals surface area contributed by atoms with Crippen LogP contribution in [0.4, 0.5) is 4.39 Å². The number of nitrogens with zero attached hydrogens (tertiary/aromatic N) is 1. The van der Waals surface area contributed by atoms with Crippen LogP contribution in [0.15, 0.2) is 24.3 Å². The summed E-state index contributed by atoms with van der Waals surface area (Å²) in [7, 11) is 1.47. The maximum absolute atomic E-state index is 12.6. The lowest BCUT2D eigenvalue weighted by Crippen LogP contribution is -2.51. The third-order valence-corrected chi connectivity index (χ3v) is 6.11. The smallest absolute Gasteiger partial charge is 0.310 e. The Kier molecular flexibility index (Phi) is 5.57. The average Bonchev–Trinajstić information content (AvgIpc) is 2.84. The van der Waals surface area contributed by atoms with E-state index in [-0.39, 0.29) is 30.5 Å². The summed E-state index contributed by atoms with van der Waals surface area (Å²) in [5, 5.41) is 0. The summed E-state index contributed by atoms with van der Waals surface area (Å²) in [5.41, 5.74) is 1.22. The molecule has 2 aliphatic heterocycles. The minimum Gasteiger partial charge on any atom is -0.469 e. The second-order valence-corrected chi connectivity index (χ2v) is 7.77. The first-order chi connectivity index (χ1) is 11.2. The first kappa shape index (κ1) is 17.1. The van der Waals surface area contributed by atoms with Crippen molar-refractivity contribution in [2.45, 2.75) is 43.7 Å². The number of hydrogen-bond acceptors (Lipinski definition) is 3. The van der Waals surface area contributed by atoms with Crippen LogP contribution in [-0.4, -0.2) is 43.3 Å². The summed E-state index contributed by atoms with van der Waals surface area (Å²) < 4.78 is 18.9. The highest BCUT2D eigenvalue weighted by atomic mass is 123. The first-order valence-corrected chi connectivity index (χ1v) is 9.38. The number of methoxy groups -OCH3 is 1. The number of benzene rings is 1. The van der Waals surface area contributed by atoms with Crippen molar-refractivity contribution in [1.82, 2.24) is 4.90 Å². The van der Waals surface area contributed by atoms with Crippen LogP contribution >= 0.6 is 22.6 Å². The number of rotatable bonds is 5. The van der Waals surface area contributed by atoms with E-state index in [0.29, 0.717) is 12.5 Å². The molecule has 0 saturated carbocycles. The van der Waals surface area contributed by atoms with Crippen LogP contribution in [-0.2, 0) is 9.53 Å². The normalized spacial score (nSPS) is 30.4. The van der Waals surface area contributed by atoms with E-state index in [1.165, 1.54) is 16.2 Å². The number of halogens is 2. The van der Waals surface area contributed by atoms with Gasteiger partial charge in [0.2, 0.25) is 0 Å². The summed E-state index contributed by atoms with van der Waals surface area (Å²) >= 11 is 2.30. The van der Waals surface area contributed by atoms with Crippen LogP contribution in [0.3, 0.4) is 0 Å². The summed E-state index contributed by atoms with van der Waals surface area (Å²) in [6.07, 6.45) is 3.63.